The smallest absolute Gasteiger partial charge is 0.319 e. The van der Waals surface area contributed by atoms with Crippen molar-refractivity contribution in [3.05, 3.63) is 81.3 Å². The minimum absolute atomic E-state index is 0.332. The quantitative estimate of drug-likeness (QED) is 0.592. The lowest BCUT2D eigenvalue weighted by Gasteiger charge is -2.31. The molecule has 0 unspecified atom stereocenters. The van der Waals surface area contributed by atoms with E-state index in [0.29, 0.717) is 26.9 Å². The van der Waals surface area contributed by atoms with Gasteiger partial charge in [-0.3, -0.25) is 9.59 Å². The highest BCUT2D eigenvalue weighted by atomic mass is 35.5. The molecule has 0 saturated carbocycles. The van der Waals surface area contributed by atoms with Crippen LogP contribution in [0, 0.1) is 17.2 Å². The summed E-state index contributed by atoms with van der Waals surface area (Å²) in [5.74, 6) is -2.51. The molecule has 3 rings (SSSR count). The fourth-order valence-electron chi connectivity index (χ4n) is 3.11. The molecule has 0 aliphatic carbocycles. The molecule has 0 aromatic heterocycles. The lowest BCUT2D eigenvalue weighted by molar-refractivity contribution is -0.150. The number of nitriles is 1. The van der Waals surface area contributed by atoms with Crippen molar-refractivity contribution in [2.24, 2.45) is 5.92 Å². The molecule has 0 radical (unpaired) electrons. The Labute approximate surface area is 172 Å². The van der Waals surface area contributed by atoms with Gasteiger partial charge in [0.05, 0.1) is 23.8 Å². The Kier molecular flexibility index (Phi) is 6.40. The summed E-state index contributed by atoms with van der Waals surface area (Å²) in [5, 5.41) is 13.6. The number of benzene rings is 2. The Morgan fingerprint density at radius 2 is 1.89 bits per heavy atom. The summed E-state index contributed by atoms with van der Waals surface area (Å²) >= 11 is 7.52. The van der Waals surface area contributed by atoms with E-state index in [1.807, 2.05) is 36.4 Å². The summed E-state index contributed by atoms with van der Waals surface area (Å²) in [5.41, 5.74) is 1.93. The van der Waals surface area contributed by atoms with E-state index in [1.54, 1.807) is 18.2 Å². The minimum atomic E-state index is -1.12. The summed E-state index contributed by atoms with van der Waals surface area (Å²) in [7, 11) is 1.23. The van der Waals surface area contributed by atoms with Crippen LogP contribution in [0.4, 0.5) is 0 Å². The fraction of sp³-hybridized carbons (Fsp3) is 0.190. The topological polar surface area (TPSA) is 79.2 Å². The van der Waals surface area contributed by atoms with Gasteiger partial charge in [-0.05, 0) is 17.2 Å². The first kappa shape index (κ1) is 20.0. The van der Waals surface area contributed by atoms with Crippen LogP contribution in [0.1, 0.15) is 17.0 Å². The molecule has 2 aromatic carbocycles. The molecule has 1 N–H and O–H groups in total. The Morgan fingerprint density at radius 1 is 1.21 bits per heavy atom. The molecule has 0 fully saturated rings. The number of allylic oxidation sites excluding steroid dienone is 1. The zero-order chi connectivity index (χ0) is 20.1. The van der Waals surface area contributed by atoms with Crippen molar-refractivity contribution in [2.45, 2.75) is 11.7 Å². The lowest BCUT2D eigenvalue weighted by Crippen LogP contribution is -2.44. The van der Waals surface area contributed by atoms with Crippen molar-refractivity contribution in [1.29, 1.82) is 5.26 Å². The van der Waals surface area contributed by atoms with Gasteiger partial charge in [0.15, 0.2) is 0 Å². The molecule has 2 atom stereocenters. The van der Waals surface area contributed by atoms with Gasteiger partial charge in [-0.25, -0.2) is 0 Å². The second-order valence-electron chi connectivity index (χ2n) is 6.11. The van der Waals surface area contributed by atoms with E-state index in [2.05, 4.69) is 11.4 Å². The molecule has 1 aliphatic rings. The van der Waals surface area contributed by atoms with E-state index < -0.39 is 23.7 Å². The summed E-state index contributed by atoms with van der Waals surface area (Å²) in [6, 6.07) is 18.6. The van der Waals surface area contributed by atoms with Gasteiger partial charge in [0.2, 0.25) is 5.91 Å². The fourth-order valence-corrected chi connectivity index (χ4v) is 4.44. The number of methoxy groups -OCH3 is 1. The molecule has 7 heteroatoms. The predicted octanol–water partition coefficient (Wildman–Crippen LogP) is 4.01. The van der Waals surface area contributed by atoms with E-state index in [0.717, 1.165) is 5.56 Å². The van der Waals surface area contributed by atoms with E-state index in [9.17, 15) is 14.9 Å². The molecule has 0 saturated heterocycles. The van der Waals surface area contributed by atoms with Crippen molar-refractivity contribution < 1.29 is 14.3 Å². The third-order valence-corrected chi connectivity index (χ3v) is 5.91. The maximum atomic E-state index is 12.7. The first-order valence-electron chi connectivity index (χ1n) is 8.51. The van der Waals surface area contributed by atoms with Crippen LogP contribution in [0.3, 0.4) is 0 Å². The van der Waals surface area contributed by atoms with Gasteiger partial charge >= 0.3 is 5.97 Å². The molecular formula is C21H17ClN2O3S. The normalized spacial score (nSPS) is 19.0. The van der Waals surface area contributed by atoms with Crippen LogP contribution in [0.5, 0.6) is 0 Å². The number of halogens is 1. The number of amides is 1. The highest BCUT2D eigenvalue weighted by molar-refractivity contribution is 8.02. The maximum Gasteiger partial charge on any atom is 0.319 e. The highest BCUT2D eigenvalue weighted by Crippen LogP contribution is 2.41. The largest absolute Gasteiger partial charge is 0.468 e. The molecule has 1 aliphatic heterocycles. The molecule has 1 heterocycles. The first-order valence-corrected chi connectivity index (χ1v) is 9.87. The van der Waals surface area contributed by atoms with Gasteiger partial charge in [0, 0.05) is 16.7 Å². The van der Waals surface area contributed by atoms with Crippen molar-refractivity contribution in [3.8, 4) is 6.07 Å². The second-order valence-corrected chi connectivity index (χ2v) is 7.51. The van der Waals surface area contributed by atoms with Crippen LogP contribution in [0.15, 0.2) is 65.2 Å². The van der Waals surface area contributed by atoms with Crippen molar-refractivity contribution in [3.63, 3.8) is 0 Å². The molecule has 2 aromatic rings. The summed E-state index contributed by atoms with van der Waals surface area (Å²) in [6.07, 6.45) is 0. The van der Waals surface area contributed by atoms with Gasteiger partial charge in [-0.1, -0.05) is 60.1 Å². The zero-order valence-corrected chi connectivity index (χ0v) is 16.6. The van der Waals surface area contributed by atoms with Crippen LogP contribution in [0.2, 0.25) is 5.02 Å². The van der Waals surface area contributed by atoms with Crippen LogP contribution in [-0.2, 0) is 20.1 Å². The summed E-state index contributed by atoms with van der Waals surface area (Å²) in [4.78, 5) is 25.0. The first-order chi connectivity index (χ1) is 13.6. The Hall–Kier alpha value is -2.75. The average Bonchev–Trinajstić information content (AvgIpc) is 2.72. The maximum absolute atomic E-state index is 12.7. The van der Waals surface area contributed by atoms with Crippen LogP contribution >= 0.6 is 23.4 Å². The van der Waals surface area contributed by atoms with Gasteiger partial charge in [0.1, 0.15) is 5.92 Å². The Morgan fingerprint density at radius 3 is 2.54 bits per heavy atom. The van der Waals surface area contributed by atoms with Gasteiger partial charge in [-0.2, -0.15) is 5.26 Å². The van der Waals surface area contributed by atoms with E-state index in [-0.39, 0.29) is 0 Å². The number of hydrogen-bond donors (Lipinski definition) is 1. The average molecular weight is 413 g/mol. The van der Waals surface area contributed by atoms with Gasteiger partial charge < -0.3 is 10.1 Å². The summed E-state index contributed by atoms with van der Waals surface area (Å²) < 4.78 is 4.83. The molecule has 28 heavy (non-hydrogen) atoms. The Balaban J connectivity index is 2.01. The number of carbonyl (C=O) groups is 2. The standard InChI is InChI=1S/C21H17ClN2O3S/c1-27-21(26)18-17(13-7-3-2-4-8-13)15(11-23)20(24-19(18)25)28-12-14-9-5-6-10-16(14)22/h2-10,17-18H,12H2,1H3,(H,24,25)/t17-,18+/m1/s1. The van der Waals surface area contributed by atoms with Gasteiger partial charge in [-0.15, -0.1) is 11.8 Å². The SMILES string of the molecule is COC(=O)[C@@H]1C(=O)NC(SCc2ccccc2Cl)=C(C#N)[C@H]1c1ccccc1. The molecule has 5 nitrogen and oxygen atoms in total. The van der Waals surface area contributed by atoms with Crippen LogP contribution in [-0.4, -0.2) is 19.0 Å². The Bertz CT molecular complexity index is 969. The number of nitrogens with one attached hydrogen (secondary N) is 1. The third kappa shape index (κ3) is 4.06. The number of hydrogen-bond acceptors (Lipinski definition) is 5. The minimum Gasteiger partial charge on any atom is -0.468 e. The van der Waals surface area contributed by atoms with Crippen molar-refractivity contribution in [1.82, 2.24) is 5.32 Å². The van der Waals surface area contributed by atoms with E-state index >= 15 is 0 Å². The molecule has 1 amide bonds. The van der Waals surface area contributed by atoms with Crippen molar-refractivity contribution in [2.75, 3.05) is 7.11 Å². The lowest BCUT2D eigenvalue weighted by atomic mass is 9.78. The number of rotatable bonds is 5. The predicted molar refractivity (Wildman–Crippen MR) is 108 cm³/mol. The number of esters is 1. The molecule has 142 valence electrons. The summed E-state index contributed by atoms with van der Waals surface area (Å²) in [6.45, 7) is 0. The van der Waals surface area contributed by atoms with Crippen molar-refractivity contribution >= 4 is 35.2 Å². The molecule has 0 spiro atoms. The number of carbonyl (C=O) groups excluding carboxylic acids is 2. The second kappa shape index (κ2) is 8.96. The molecular weight excluding hydrogens is 396 g/mol. The van der Waals surface area contributed by atoms with E-state index in [4.69, 9.17) is 16.3 Å². The monoisotopic (exact) mass is 412 g/mol. The van der Waals surface area contributed by atoms with Crippen LogP contribution in [0.25, 0.3) is 0 Å². The third-order valence-electron chi connectivity index (χ3n) is 4.47. The van der Waals surface area contributed by atoms with Crippen LogP contribution < -0.4 is 5.32 Å². The zero-order valence-electron chi connectivity index (χ0n) is 15.0. The number of thioether (sulfide) groups is 1. The number of nitrogens with zero attached hydrogens (tertiary/aromatic N) is 1. The highest BCUT2D eigenvalue weighted by Gasteiger charge is 2.44. The van der Waals surface area contributed by atoms with Gasteiger partial charge in [0.25, 0.3) is 0 Å². The molecule has 0 bridgehead atoms. The number of ether oxygens (including phenoxy) is 1. The van der Waals surface area contributed by atoms with E-state index in [1.165, 1.54) is 18.9 Å².